The zero-order valence-electron chi connectivity index (χ0n) is 15.0. The lowest BCUT2D eigenvalue weighted by atomic mass is 9.96. The lowest BCUT2D eigenvalue weighted by molar-refractivity contribution is -0.0952. The van der Waals surface area contributed by atoms with Crippen LogP contribution < -0.4 is 5.32 Å². The first-order valence-electron chi connectivity index (χ1n) is 9.23. The first-order chi connectivity index (χ1) is 13.2. The fraction of sp³-hybridized carbons (Fsp3) is 0.474. The third-order valence-corrected chi connectivity index (χ3v) is 5.10. The van der Waals surface area contributed by atoms with Crippen molar-refractivity contribution in [3.05, 3.63) is 48.3 Å². The van der Waals surface area contributed by atoms with E-state index in [-0.39, 0.29) is 24.7 Å². The molecule has 7 nitrogen and oxygen atoms in total. The molecule has 4 rings (SSSR count). The molecule has 1 aromatic carbocycles. The molecule has 2 saturated heterocycles. The molecule has 1 aromatic heterocycles. The normalized spacial score (nSPS) is 18.8. The molecular formula is C19H23FN4O3. The first-order valence-corrected chi connectivity index (χ1v) is 9.23. The van der Waals surface area contributed by atoms with Crippen LogP contribution in [0.5, 0.6) is 0 Å². The van der Waals surface area contributed by atoms with Gasteiger partial charge in [-0.2, -0.15) is 0 Å². The van der Waals surface area contributed by atoms with E-state index in [1.54, 1.807) is 40.3 Å². The maximum Gasteiger partial charge on any atom is 0.317 e. The molecule has 2 aliphatic rings. The van der Waals surface area contributed by atoms with Gasteiger partial charge < -0.3 is 24.3 Å². The molecule has 3 heterocycles. The van der Waals surface area contributed by atoms with Gasteiger partial charge in [-0.05, 0) is 30.5 Å². The van der Waals surface area contributed by atoms with Gasteiger partial charge in [0.05, 0.1) is 25.2 Å². The number of carbonyl (C=O) groups excluding carboxylic acids is 1. The highest BCUT2D eigenvalue weighted by molar-refractivity contribution is 5.74. The molecule has 0 atom stereocenters. The molecule has 27 heavy (non-hydrogen) atoms. The Kier molecular flexibility index (Phi) is 5.35. The van der Waals surface area contributed by atoms with Crippen LogP contribution in [0.4, 0.5) is 9.18 Å². The fourth-order valence-electron chi connectivity index (χ4n) is 3.58. The Bertz CT molecular complexity index is 769. The predicted octanol–water partition coefficient (Wildman–Crippen LogP) is 2.31. The molecule has 2 aliphatic heterocycles. The minimum absolute atomic E-state index is 0.118. The van der Waals surface area contributed by atoms with Crippen molar-refractivity contribution >= 4 is 6.03 Å². The van der Waals surface area contributed by atoms with Gasteiger partial charge in [0, 0.05) is 37.9 Å². The number of likely N-dealkylation sites (tertiary alicyclic amines) is 1. The highest BCUT2D eigenvalue weighted by Crippen LogP contribution is 2.25. The standard InChI is InChI=1S/C19H23FN4O3/c20-16-11-14(1-2-17(16)24-8-5-21-13-24)12-22-19(25)23-6-3-15(4-7-23)18-26-9-10-27-18/h1-2,5,8,11,13,15,18H,3-4,6-7,9-10,12H2,(H,22,25). The summed E-state index contributed by atoms with van der Waals surface area (Å²) in [5.74, 6) is -0.00139. The van der Waals surface area contributed by atoms with E-state index in [4.69, 9.17) is 9.47 Å². The molecular weight excluding hydrogens is 351 g/mol. The summed E-state index contributed by atoms with van der Waals surface area (Å²) in [5.41, 5.74) is 1.15. The van der Waals surface area contributed by atoms with Crippen molar-refractivity contribution in [1.82, 2.24) is 19.8 Å². The van der Waals surface area contributed by atoms with Gasteiger partial charge in [0.2, 0.25) is 0 Å². The quantitative estimate of drug-likeness (QED) is 0.892. The number of imidazole rings is 1. The van der Waals surface area contributed by atoms with Gasteiger partial charge in [-0.15, -0.1) is 0 Å². The van der Waals surface area contributed by atoms with Crippen LogP contribution in [0.25, 0.3) is 5.69 Å². The monoisotopic (exact) mass is 374 g/mol. The Labute approximate surface area is 157 Å². The summed E-state index contributed by atoms with van der Waals surface area (Å²) in [5, 5.41) is 2.87. The number of nitrogens with zero attached hydrogens (tertiary/aromatic N) is 3. The van der Waals surface area contributed by atoms with Crippen LogP contribution >= 0.6 is 0 Å². The van der Waals surface area contributed by atoms with E-state index < -0.39 is 0 Å². The number of amides is 2. The van der Waals surface area contributed by atoms with Crippen molar-refractivity contribution in [2.45, 2.75) is 25.7 Å². The summed E-state index contributed by atoms with van der Waals surface area (Å²) >= 11 is 0. The van der Waals surface area contributed by atoms with Crippen molar-refractivity contribution in [2.24, 2.45) is 5.92 Å². The highest BCUT2D eigenvalue weighted by Gasteiger charge is 2.31. The number of nitrogens with one attached hydrogen (secondary N) is 1. The highest BCUT2D eigenvalue weighted by atomic mass is 19.1. The van der Waals surface area contributed by atoms with Gasteiger partial charge in [0.15, 0.2) is 6.29 Å². The van der Waals surface area contributed by atoms with Crippen molar-refractivity contribution in [2.75, 3.05) is 26.3 Å². The number of halogens is 1. The SMILES string of the molecule is O=C(NCc1ccc(-n2ccnc2)c(F)c1)N1CCC(C2OCCO2)CC1. The molecule has 0 spiro atoms. The molecule has 2 fully saturated rings. The average molecular weight is 374 g/mol. The second-order valence-electron chi connectivity index (χ2n) is 6.85. The number of piperidine rings is 1. The van der Waals surface area contributed by atoms with Crippen molar-refractivity contribution in [1.29, 1.82) is 0 Å². The molecule has 144 valence electrons. The van der Waals surface area contributed by atoms with Crippen LogP contribution in [0.3, 0.4) is 0 Å². The maximum absolute atomic E-state index is 14.3. The molecule has 0 unspecified atom stereocenters. The molecule has 0 radical (unpaired) electrons. The van der Waals surface area contributed by atoms with Gasteiger partial charge >= 0.3 is 6.03 Å². The molecule has 1 N–H and O–H groups in total. The van der Waals surface area contributed by atoms with E-state index in [1.807, 2.05) is 0 Å². The van der Waals surface area contributed by atoms with Crippen LogP contribution in [0, 0.1) is 11.7 Å². The summed E-state index contributed by atoms with van der Waals surface area (Å²) in [4.78, 5) is 18.1. The largest absolute Gasteiger partial charge is 0.350 e. The van der Waals surface area contributed by atoms with Gasteiger partial charge in [-0.3, -0.25) is 0 Å². The van der Waals surface area contributed by atoms with E-state index in [0.717, 1.165) is 12.8 Å². The zero-order valence-corrected chi connectivity index (χ0v) is 15.0. The number of urea groups is 1. The Hall–Kier alpha value is -2.45. The second kappa shape index (κ2) is 8.06. The zero-order chi connectivity index (χ0) is 18.6. The topological polar surface area (TPSA) is 68.6 Å². The van der Waals surface area contributed by atoms with E-state index in [9.17, 15) is 9.18 Å². The van der Waals surface area contributed by atoms with E-state index >= 15 is 0 Å². The van der Waals surface area contributed by atoms with Gasteiger partial charge in [-0.25, -0.2) is 14.2 Å². The lowest BCUT2D eigenvalue weighted by Gasteiger charge is -2.33. The third kappa shape index (κ3) is 4.12. The smallest absolute Gasteiger partial charge is 0.317 e. The van der Waals surface area contributed by atoms with E-state index in [1.165, 1.54) is 6.07 Å². The fourth-order valence-corrected chi connectivity index (χ4v) is 3.58. The summed E-state index contributed by atoms with van der Waals surface area (Å²) < 4.78 is 27.0. The maximum atomic E-state index is 14.3. The molecule has 2 amide bonds. The predicted molar refractivity (Wildman–Crippen MR) is 95.7 cm³/mol. The number of benzene rings is 1. The summed E-state index contributed by atoms with van der Waals surface area (Å²) in [6, 6.07) is 4.81. The second-order valence-corrected chi connectivity index (χ2v) is 6.85. The molecule has 0 aliphatic carbocycles. The summed E-state index contributed by atoms with van der Waals surface area (Å²) in [6.07, 6.45) is 6.45. The van der Waals surface area contributed by atoms with Gasteiger partial charge in [0.25, 0.3) is 0 Å². The Morgan fingerprint density at radius 1 is 1.26 bits per heavy atom. The Morgan fingerprint density at radius 3 is 2.70 bits per heavy atom. The molecule has 0 saturated carbocycles. The van der Waals surface area contributed by atoms with Gasteiger partial charge in [0.1, 0.15) is 5.82 Å². The third-order valence-electron chi connectivity index (χ3n) is 5.10. The number of carbonyl (C=O) groups is 1. The minimum atomic E-state index is -0.350. The molecule has 0 bridgehead atoms. The minimum Gasteiger partial charge on any atom is -0.350 e. The van der Waals surface area contributed by atoms with E-state index in [2.05, 4.69) is 10.3 Å². The number of hydrogen-bond acceptors (Lipinski definition) is 4. The molecule has 8 heteroatoms. The summed E-state index contributed by atoms with van der Waals surface area (Å²) in [7, 11) is 0. The van der Waals surface area contributed by atoms with Crippen LogP contribution in [-0.4, -0.2) is 53.1 Å². The van der Waals surface area contributed by atoms with Crippen LogP contribution in [-0.2, 0) is 16.0 Å². The van der Waals surface area contributed by atoms with Crippen molar-refractivity contribution in [3.63, 3.8) is 0 Å². The molecule has 2 aromatic rings. The number of ether oxygens (including phenoxy) is 2. The first kappa shape index (κ1) is 17.9. The number of hydrogen-bond donors (Lipinski definition) is 1. The number of rotatable bonds is 4. The average Bonchev–Trinajstić information content (AvgIpc) is 3.40. The van der Waals surface area contributed by atoms with Gasteiger partial charge in [-0.1, -0.05) is 6.07 Å². The Morgan fingerprint density at radius 2 is 2.04 bits per heavy atom. The number of aromatic nitrogens is 2. The summed E-state index contributed by atoms with van der Waals surface area (Å²) in [6.45, 7) is 2.94. The lowest BCUT2D eigenvalue weighted by Crippen LogP contribution is -2.45. The van der Waals surface area contributed by atoms with Crippen LogP contribution in [0.2, 0.25) is 0 Å². The van der Waals surface area contributed by atoms with Crippen LogP contribution in [0.15, 0.2) is 36.9 Å². The van der Waals surface area contributed by atoms with E-state index in [0.29, 0.717) is 43.5 Å². The van der Waals surface area contributed by atoms with Crippen LogP contribution in [0.1, 0.15) is 18.4 Å². The van der Waals surface area contributed by atoms with Crippen molar-refractivity contribution in [3.8, 4) is 5.69 Å². The van der Waals surface area contributed by atoms with Crippen molar-refractivity contribution < 1.29 is 18.7 Å². The Balaban J connectivity index is 1.27.